The number of benzene rings is 1. The molecule has 7 nitrogen and oxygen atoms in total. The fourth-order valence-corrected chi connectivity index (χ4v) is 3.16. The summed E-state index contributed by atoms with van der Waals surface area (Å²) < 4.78 is 0. The van der Waals surface area contributed by atoms with Gasteiger partial charge >= 0.3 is 0 Å². The lowest BCUT2D eigenvalue weighted by Crippen LogP contribution is -2.48. The summed E-state index contributed by atoms with van der Waals surface area (Å²) in [4.78, 5) is 21.7. The Bertz CT molecular complexity index is 826. The van der Waals surface area contributed by atoms with Gasteiger partial charge in [0.1, 0.15) is 5.69 Å². The molecule has 1 aromatic carbocycles. The molecule has 0 aliphatic carbocycles. The number of amides is 1. The van der Waals surface area contributed by atoms with Gasteiger partial charge in [0.05, 0.1) is 11.9 Å². The minimum Gasteiger partial charge on any atom is -0.351 e. The van der Waals surface area contributed by atoms with Gasteiger partial charge in [0.2, 0.25) is 0 Å². The maximum absolute atomic E-state index is 12.7. The van der Waals surface area contributed by atoms with Crippen LogP contribution in [0.5, 0.6) is 0 Å². The maximum Gasteiger partial charge on any atom is 0.270 e. The number of rotatable bonds is 3. The third-order valence-corrected chi connectivity index (χ3v) is 4.45. The highest BCUT2D eigenvalue weighted by Crippen LogP contribution is 2.17. The van der Waals surface area contributed by atoms with Crippen LogP contribution in [0.3, 0.4) is 0 Å². The van der Waals surface area contributed by atoms with Crippen molar-refractivity contribution in [1.82, 2.24) is 29.8 Å². The van der Waals surface area contributed by atoms with Gasteiger partial charge in [0, 0.05) is 50.7 Å². The Kier molecular flexibility index (Phi) is 3.78. The van der Waals surface area contributed by atoms with Gasteiger partial charge in [-0.05, 0) is 12.1 Å². The highest BCUT2D eigenvalue weighted by Gasteiger charge is 2.23. The molecule has 7 heteroatoms. The number of nitrogens with one attached hydrogen (secondary N) is 1. The van der Waals surface area contributed by atoms with Crippen LogP contribution in [0, 0.1) is 0 Å². The van der Waals surface area contributed by atoms with Crippen LogP contribution < -0.4 is 0 Å². The first-order valence-corrected chi connectivity index (χ1v) is 8.13. The monoisotopic (exact) mass is 324 g/mol. The Balaban J connectivity index is 1.39. The van der Waals surface area contributed by atoms with Gasteiger partial charge < -0.3 is 9.88 Å². The average Bonchev–Trinajstić information content (AvgIpc) is 3.21. The summed E-state index contributed by atoms with van der Waals surface area (Å²) in [5, 5.41) is 9.48. The van der Waals surface area contributed by atoms with Gasteiger partial charge in [0.15, 0.2) is 0 Å². The first-order chi connectivity index (χ1) is 11.7. The van der Waals surface area contributed by atoms with Gasteiger partial charge in [-0.25, -0.2) is 0 Å². The van der Waals surface area contributed by atoms with Crippen LogP contribution in [-0.2, 0) is 13.6 Å². The number of hydrogen-bond donors (Lipinski definition) is 1. The summed E-state index contributed by atoms with van der Waals surface area (Å²) in [7, 11) is 1.82. The molecule has 1 saturated heterocycles. The lowest BCUT2D eigenvalue weighted by atomic mass is 10.2. The number of nitrogens with zero attached hydrogens (tertiary/aromatic N) is 5. The number of aromatic nitrogens is 4. The third-order valence-electron chi connectivity index (χ3n) is 4.45. The van der Waals surface area contributed by atoms with E-state index in [9.17, 15) is 4.79 Å². The Morgan fingerprint density at radius 3 is 2.71 bits per heavy atom. The average molecular weight is 324 g/mol. The fourth-order valence-electron chi connectivity index (χ4n) is 3.16. The van der Waals surface area contributed by atoms with E-state index in [-0.39, 0.29) is 5.91 Å². The zero-order valence-electron chi connectivity index (χ0n) is 13.6. The van der Waals surface area contributed by atoms with Crippen molar-refractivity contribution in [2.24, 2.45) is 7.05 Å². The summed E-state index contributed by atoms with van der Waals surface area (Å²) in [6.07, 6.45) is 1.79. The molecule has 1 fully saturated rings. The quantitative estimate of drug-likeness (QED) is 0.787. The predicted octanol–water partition coefficient (Wildman–Crippen LogP) is 1.25. The van der Waals surface area contributed by atoms with Crippen molar-refractivity contribution in [3.05, 3.63) is 47.9 Å². The van der Waals surface area contributed by atoms with Gasteiger partial charge in [-0.3, -0.25) is 9.69 Å². The highest BCUT2D eigenvalue weighted by molar-refractivity contribution is 5.98. The van der Waals surface area contributed by atoms with E-state index in [2.05, 4.69) is 20.1 Å². The molecule has 3 heterocycles. The fraction of sp³-hybridized carbons (Fsp3) is 0.353. The lowest BCUT2D eigenvalue weighted by molar-refractivity contribution is 0.0622. The maximum atomic E-state index is 12.7. The molecular weight excluding hydrogens is 304 g/mol. The molecular formula is C17H20N6O. The van der Waals surface area contributed by atoms with Gasteiger partial charge in [-0.2, -0.15) is 15.0 Å². The van der Waals surface area contributed by atoms with E-state index in [1.54, 1.807) is 11.0 Å². The van der Waals surface area contributed by atoms with Crippen LogP contribution in [0.25, 0.3) is 10.9 Å². The minimum absolute atomic E-state index is 0.0744. The van der Waals surface area contributed by atoms with Gasteiger partial charge in [-0.1, -0.05) is 18.2 Å². The normalized spacial score (nSPS) is 16.0. The van der Waals surface area contributed by atoms with Crippen LogP contribution in [0.4, 0.5) is 0 Å². The molecule has 0 spiro atoms. The second-order valence-corrected chi connectivity index (χ2v) is 6.16. The van der Waals surface area contributed by atoms with E-state index in [0.29, 0.717) is 5.69 Å². The second kappa shape index (κ2) is 6.09. The molecule has 0 radical (unpaired) electrons. The van der Waals surface area contributed by atoms with E-state index in [0.717, 1.165) is 49.3 Å². The zero-order valence-corrected chi connectivity index (χ0v) is 13.6. The summed E-state index contributed by atoms with van der Waals surface area (Å²) in [5.74, 6) is 0.0744. The second-order valence-electron chi connectivity index (χ2n) is 6.16. The van der Waals surface area contributed by atoms with Crippen LogP contribution in [0.2, 0.25) is 0 Å². The molecule has 24 heavy (non-hydrogen) atoms. The molecule has 0 saturated carbocycles. The molecule has 1 amide bonds. The first-order valence-electron chi connectivity index (χ1n) is 8.13. The summed E-state index contributed by atoms with van der Waals surface area (Å²) in [6.45, 7) is 3.94. The van der Waals surface area contributed by atoms with Crippen LogP contribution in [0.15, 0.2) is 36.5 Å². The highest BCUT2D eigenvalue weighted by atomic mass is 16.2. The Hall–Kier alpha value is -2.67. The number of carbonyl (C=O) groups is 1. The van der Waals surface area contributed by atoms with Crippen molar-refractivity contribution in [3.63, 3.8) is 0 Å². The van der Waals surface area contributed by atoms with Crippen LogP contribution in [0.1, 0.15) is 16.2 Å². The molecule has 0 atom stereocenters. The number of piperazine rings is 1. The number of para-hydroxylation sites is 1. The first kappa shape index (κ1) is 14.9. The zero-order chi connectivity index (χ0) is 16.5. The van der Waals surface area contributed by atoms with Gasteiger partial charge in [-0.15, -0.1) is 0 Å². The molecule has 124 valence electrons. The van der Waals surface area contributed by atoms with Crippen molar-refractivity contribution in [3.8, 4) is 0 Å². The molecule has 4 rings (SSSR count). The SMILES string of the molecule is Cn1ncc(CN2CCN(C(=O)c3cc4ccccc4[nH]3)CC2)n1. The van der Waals surface area contributed by atoms with E-state index >= 15 is 0 Å². The van der Waals surface area contributed by atoms with Crippen molar-refractivity contribution in [2.45, 2.75) is 6.54 Å². The van der Waals surface area contributed by atoms with Crippen LogP contribution >= 0.6 is 0 Å². The summed E-state index contributed by atoms with van der Waals surface area (Å²) in [6, 6.07) is 9.89. The Morgan fingerprint density at radius 1 is 1.21 bits per heavy atom. The Morgan fingerprint density at radius 2 is 2.00 bits per heavy atom. The standard InChI is InChI=1S/C17H20N6O/c1-21-18-11-14(20-21)12-22-6-8-23(9-7-22)17(24)16-10-13-4-2-3-5-15(13)19-16/h2-5,10-11,19H,6-9,12H2,1H3. The third kappa shape index (κ3) is 2.90. The molecule has 0 unspecified atom stereocenters. The van der Waals surface area contributed by atoms with Gasteiger partial charge in [0.25, 0.3) is 5.91 Å². The van der Waals surface area contributed by atoms with E-state index in [1.807, 2.05) is 42.3 Å². The van der Waals surface area contributed by atoms with Crippen molar-refractivity contribution >= 4 is 16.8 Å². The molecule has 0 bridgehead atoms. The number of H-pyrrole nitrogens is 1. The number of hydrogen-bond acceptors (Lipinski definition) is 4. The number of carbonyl (C=O) groups excluding carboxylic acids is 1. The number of aryl methyl sites for hydroxylation is 1. The van der Waals surface area contributed by atoms with Crippen molar-refractivity contribution in [2.75, 3.05) is 26.2 Å². The number of aromatic amines is 1. The minimum atomic E-state index is 0.0744. The van der Waals surface area contributed by atoms with E-state index in [4.69, 9.17) is 0 Å². The number of fused-ring (bicyclic) bond motifs is 1. The van der Waals surface area contributed by atoms with E-state index < -0.39 is 0 Å². The molecule has 1 aliphatic rings. The van der Waals surface area contributed by atoms with Crippen molar-refractivity contribution < 1.29 is 4.79 Å². The smallest absolute Gasteiger partial charge is 0.270 e. The largest absolute Gasteiger partial charge is 0.351 e. The van der Waals surface area contributed by atoms with E-state index in [1.165, 1.54) is 0 Å². The van der Waals surface area contributed by atoms with Crippen LogP contribution in [-0.4, -0.2) is 61.9 Å². The topological polar surface area (TPSA) is 70.1 Å². The molecule has 1 aliphatic heterocycles. The lowest BCUT2D eigenvalue weighted by Gasteiger charge is -2.34. The molecule has 3 aromatic rings. The molecule has 2 aromatic heterocycles. The summed E-state index contributed by atoms with van der Waals surface area (Å²) in [5.41, 5.74) is 2.63. The summed E-state index contributed by atoms with van der Waals surface area (Å²) >= 11 is 0. The molecule has 1 N–H and O–H groups in total. The predicted molar refractivity (Wildman–Crippen MR) is 90.5 cm³/mol. The van der Waals surface area contributed by atoms with Crippen molar-refractivity contribution in [1.29, 1.82) is 0 Å². The Labute approximate surface area is 139 Å².